The van der Waals surface area contributed by atoms with E-state index in [4.69, 9.17) is 18.6 Å². The van der Waals surface area contributed by atoms with Gasteiger partial charge in [0.25, 0.3) is 0 Å². The Labute approximate surface area is 345 Å². The van der Waals surface area contributed by atoms with E-state index in [1.54, 1.807) is 0 Å². The predicted molar refractivity (Wildman–Crippen MR) is 204 cm³/mol. The molecule has 54 heavy (non-hydrogen) atoms. The van der Waals surface area contributed by atoms with Crippen molar-refractivity contribution in [2.45, 2.75) is 27.7 Å². The summed E-state index contributed by atoms with van der Waals surface area (Å²) in [6, 6.07) is 37.2. The van der Waals surface area contributed by atoms with Gasteiger partial charge < -0.3 is 0 Å². The van der Waals surface area contributed by atoms with Gasteiger partial charge in [-0.25, -0.2) is 0 Å². The van der Waals surface area contributed by atoms with Gasteiger partial charge in [0.05, 0.1) is 0 Å². The fourth-order valence-corrected chi connectivity index (χ4v) is 4.25. The van der Waals surface area contributed by atoms with Crippen LogP contribution in [0.3, 0.4) is 0 Å². The average Bonchev–Trinajstić information content (AvgIpc) is 3.91. The monoisotopic (exact) mass is 788 g/mol. The predicted octanol–water partition coefficient (Wildman–Crippen LogP) is 9.99. The van der Waals surface area contributed by atoms with Crippen LogP contribution >= 0.6 is 0 Å². The summed E-state index contributed by atoms with van der Waals surface area (Å²) in [7, 11) is 0. The van der Waals surface area contributed by atoms with Crippen molar-refractivity contribution in [2.75, 3.05) is 0 Å². The number of allylic oxidation sites excluding steroid dienone is 2. The van der Waals surface area contributed by atoms with Gasteiger partial charge in [0.15, 0.2) is 0 Å². The molecule has 4 aromatic carbocycles. The zero-order chi connectivity index (χ0) is 39.0. The Morgan fingerprint density at radius 1 is 0.389 bits per heavy atom. The molecule has 4 aromatic rings. The fraction of sp³-hybridized carbons (Fsp3) is 0.0833. The standard InChI is InChI=1S/C32H24.2C6H7.4CO.2Mn/c1-25-13-19-29(20-14-25)31(23-17-27-9-5-3-6-10-27)32(30-21-15-26(2)16-22-30)24-18-28-11-7-4-8-12-28;2*1-6-4-2-3-5-6;4*1-2;;/h3-16,19-22H,1-2H3;2*2-5H,1H3;;;;;;/b32-31+;;;;;;;;. The minimum Gasteiger partial charge on any atom is 0 e. The van der Waals surface area contributed by atoms with Crippen LogP contribution in [0.15, 0.2) is 109 Å². The fourth-order valence-electron chi connectivity index (χ4n) is 4.25. The molecule has 0 amide bonds. The zero-order valence-corrected chi connectivity index (χ0v) is 32.8. The van der Waals surface area contributed by atoms with Gasteiger partial charge in [-0.15, -0.1) is 0 Å². The van der Waals surface area contributed by atoms with Gasteiger partial charge in [-0.2, -0.15) is 0 Å². The third-order valence-corrected chi connectivity index (χ3v) is 6.80. The van der Waals surface area contributed by atoms with Crippen LogP contribution in [-0.4, -0.2) is 0 Å². The van der Waals surface area contributed by atoms with Crippen molar-refractivity contribution in [3.8, 4) is 23.7 Å². The van der Waals surface area contributed by atoms with E-state index >= 15 is 0 Å². The summed E-state index contributed by atoms with van der Waals surface area (Å²) in [6.45, 7) is 26.4. The minimum atomic E-state index is 0. The van der Waals surface area contributed by atoms with Crippen molar-refractivity contribution in [1.82, 2.24) is 0 Å². The van der Waals surface area contributed by atoms with Crippen molar-refractivity contribution in [3.05, 3.63) is 232 Å². The normalized spacial score (nSPS) is 12.2. The molecule has 2 fully saturated rings. The second kappa shape index (κ2) is 35.8. The van der Waals surface area contributed by atoms with E-state index in [0.717, 1.165) is 33.4 Å². The summed E-state index contributed by atoms with van der Waals surface area (Å²) >= 11 is 0. The molecule has 0 unspecified atom stereocenters. The molecule has 0 saturated heterocycles. The van der Waals surface area contributed by atoms with Gasteiger partial charge in [0.1, 0.15) is 0 Å². The number of hydrogen-bond donors (Lipinski definition) is 0. The molecule has 0 heterocycles. The number of rotatable bonds is 2. The molecule has 0 N–H and O–H groups in total. The van der Waals surface area contributed by atoms with Crippen molar-refractivity contribution < 1.29 is 52.7 Å². The Hall–Kier alpha value is -4.26. The van der Waals surface area contributed by atoms with E-state index in [2.05, 4.69) is 152 Å². The molecule has 0 atom stereocenters. The van der Waals surface area contributed by atoms with Crippen LogP contribution in [-0.2, 0) is 52.7 Å². The molecule has 6 rings (SSSR count). The van der Waals surface area contributed by atoms with Crippen LogP contribution in [0.2, 0.25) is 0 Å². The van der Waals surface area contributed by atoms with Crippen LogP contribution in [0, 0.1) is 127 Å². The van der Waals surface area contributed by atoms with E-state index in [1.807, 2.05) is 86.3 Å². The molecule has 0 bridgehead atoms. The Bertz CT molecular complexity index is 1620. The van der Waals surface area contributed by atoms with Crippen molar-refractivity contribution in [3.63, 3.8) is 0 Å². The molecule has 0 aliphatic heterocycles. The molecule has 12 radical (unpaired) electrons. The molecular weight excluding hydrogens is 750 g/mol. The Morgan fingerprint density at radius 3 is 0.870 bits per heavy atom. The molecule has 268 valence electrons. The maximum atomic E-state index is 7.50. The van der Waals surface area contributed by atoms with Gasteiger partial charge >= 0.3 is 45.2 Å². The first-order valence-corrected chi connectivity index (χ1v) is 15.7. The van der Waals surface area contributed by atoms with Gasteiger partial charge in [-0.05, 0) is 112 Å². The molecule has 2 aliphatic carbocycles. The summed E-state index contributed by atoms with van der Waals surface area (Å²) in [6.07, 6.45) is 16.5. The van der Waals surface area contributed by atoms with Crippen LogP contribution in [0.25, 0.3) is 11.1 Å². The first-order valence-electron chi connectivity index (χ1n) is 15.7. The van der Waals surface area contributed by atoms with Crippen molar-refractivity contribution in [1.29, 1.82) is 0 Å². The number of benzene rings is 4. The largest absolute Gasteiger partial charge is 0 e. The third kappa shape index (κ3) is 22.7. The number of aryl methyl sites for hydroxylation is 2. The summed E-state index contributed by atoms with van der Waals surface area (Å²) in [5.74, 6) is 16.3. The van der Waals surface area contributed by atoms with Crippen molar-refractivity contribution in [2.24, 2.45) is 0 Å². The summed E-state index contributed by atoms with van der Waals surface area (Å²) in [4.78, 5) is 0. The van der Waals surface area contributed by atoms with Crippen LogP contribution in [0.1, 0.15) is 47.2 Å². The van der Waals surface area contributed by atoms with E-state index in [0.29, 0.717) is 0 Å². The summed E-state index contributed by atoms with van der Waals surface area (Å²) in [5.41, 5.74) is 8.40. The van der Waals surface area contributed by atoms with Crippen LogP contribution in [0.4, 0.5) is 0 Å². The van der Waals surface area contributed by atoms with Crippen LogP contribution in [0.5, 0.6) is 0 Å². The first kappa shape index (κ1) is 54.1. The van der Waals surface area contributed by atoms with Gasteiger partial charge in [-0.3, -0.25) is 0 Å². The van der Waals surface area contributed by atoms with Gasteiger partial charge in [-0.1, -0.05) is 134 Å². The smallest absolute Gasteiger partial charge is 0 e. The summed E-state index contributed by atoms with van der Waals surface area (Å²) < 4.78 is 30.0. The first-order chi connectivity index (χ1) is 25.5. The van der Waals surface area contributed by atoms with Crippen molar-refractivity contribution >= 4 is 11.1 Å². The maximum absolute atomic E-state index is 7.50. The molecule has 0 aromatic heterocycles. The Balaban J connectivity index is -0.000000978. The quantitative estimate of drug-likeness (QED) is 0.0638. The topological polar surface area (TPSA) is 79.6 Å². The molecule has 0 spiro atoms. The Morgan fingerprint density at radius 2 is 0.648 bits per heavy atom. The SMILES string of the molecule is C[C]1[CH][CH][CH][CH]1.C[C]1[CH][CH][CH][CH]1.Cc1ccc(/C(C#Cc2ccccc2)=C(\C#Cc2ccccc2)c2ccc(C)cc2)cc1.[C-]#[O+].[C-]#[O+].[C-]#[O+].[C-]#[O+].[Mn].[Mn]. The van der Waals surface area contributed by atoms with E-state index in [1.165, 1.54) is 23.0 Å². The Kier molecular flexibility index (Phi) is 35.8. The number of hydrogen-bond acceptors (Lipinski definition) is 0. The third-order valence-electron chi connectivity index (χ3n) is 6.80. The molecular formula is C48H38Mn2O4. The molecule has 2 saturated carbocycles. The van der Waals surface area contributed by atoms with Crippen LogP contribution < -0.4 is 0 Å². The summed E-state index contributed by atoms with van der Waals surface area (Å²) in [5, 5.41) is 0. The average molecular weight is 789 g/mol. The maximum Gasteiger partial charge on any atom is 0 e. The molecule has 4 nitrogen and oxygen atoms in total. The van der Waals surface area contributed by atoms with Gasteiger partial charge in [0, 0.05) is 56.4 Å². The van der Waals surface area contributed by atoms with E-state index < -0.39 is 0 Å². The minimum absolute atomic E-state index is 0. The second-order valence-corrected chi connectivity index (χ2v) is 10.6. The second-order valence-electron chi connectivity index (χ2n) is 10.6. The molecule has 2 aliphatic rings. The van der Waals surface area contributed by atoms with Gasteiger partial charge in [0.2, 0.25) is 0 Å². The molecule has 6 heteroatoms. The zero-order valence-electron chi connectivity index (χ0n) is 30.4. The van der Waals surface area contributed by atoms with E-state index in [-0.39, 0.29) is 34.1 Å². The van der Waals surface area contributed by atoms with E-state index in [9.17, 15) is 0 Å².